The summed E-state index contributed by atoms with van der Waals surface area (Å²) < 4.78 is 24.3. The Morgan fingerprint density at radius 2 is 1.69 bits per heavy atom. The number of hydrogen-bond donors (Lipinski definition) is 0. The van der Waals surface area contributed by atoms with E-state index in [4.69, 9.17) is 18.6 Å². The molecule has 0 saturated carbocycles. The van der Waals surface area contributed by atoms with Gasteiger partial charge in [0.25, 0.3) is 0 Å². The Bertz CT molecular complexity index is 709. The molecule has 2 aliphatic rings. The van der Waals surface area contributed by atoms with Crippen molar-refractivity contribution in [2.24, 2.45) is 16.2 Å². The van der Waals surface area contributed by atoms with Crippen molar-refractivity contribution in [2.75, 3.05) is 23.6 Å². The van der Waals surface area contributed by atoms with E-state index in [1.54, 1.807) is 11.9 Å². The third-order valence-electron chi connectivity index (χ3n) is 7.08. The maximum Gasteiger partial charge on any atom is 0.508 e. The quantitative estimate of drug-likeness (QED) is 0.0466. The Hall–Kier alpha value is -0.410. The zero-order valence-electron chi connectivity index (χ0n) is 23.0. The van der Waals surface area contributed by atoms with Gasteiger partial charge in [-0.25, -0.2) is 9.19 Å². The molecule has 1 heterocycles. The van der Waals surface area contributed by atoms with Gasteiger partial charge in [-0.3, -0.25) is 0 Å². The van der Waals surface area contributed by atoms with Gasteiger partial charge in [0, 0.05) is 0 Å². The third-order valence-corrected chi connectivity index (χ3v) is 10.9. The topological polar surface area (TPSA) is 57.1 Å². The van der Waals surface area contributed by atoms with Crippen LogP contribution >= 0.6 is 32.7 Å². The van der Waals surface area contributed by atoms with E-state index in [1.807, 2.05) is 0 Å². The van der Waals surface area contributed by atoms with Crippen LogP contribution in [0.1, 0.15) is 117 Å². The number of allylic oxidation sites excluding steroid dienone is 1. The van der Waals surface area contributed by atoms with Crippen molar-refractivity contribution in [1.82, 2.24) is 0 Å². The van der Waals surface area contributed by atoms with E-state index in [9.17, 15) is 4.79 Å². The second-order valence-electron chi connectivity index (χ2n) is 9.96. The number of ether oxygens (including phenoxy) is 3. The van der Waals surface area contributed by atoms with Crippen LogP contribution in [0.25, 0.3) is 0 Å². The van der Waals surface area contributed by atoms with Gasteiger partial charge in [0.1, 0.15) is 9.41 Å². The minimum absolute atomic E-state index is 0.108. The van der Waals surface area contributed by atoms with E-state index in [2.05, 4.69) is 26.8 Å². The summed E-state index contributed by atoms with van der Waals surface area (Å²) >= 11 is 1.59. The van der Waals surface area contributed by atoms with Gasteiger partial charge in [-0.05, 0) is 67.9 Å². The summed E-state index contributed by atoms with van der Waals surface area (Å²) in [5.74, 6) is 0.856. The highest BCUT2D eigenvalue weighted by Gasteiger charge is 2.28. The second kappa shape index (κ2) is 20.5. The van der Waals surface area contributed by atoms with Gasteiger partial charge >= 0.3 is 6.16 Å². The van der Waals surface area contributed by atoms with E-state index in [0.29, 0.717) is 25.0 Å². The molecular formula is C29H50INO4S. The van der Waals surface area contributed by atoms with E-state index in [0.717, 1.165) is 61.0 Å². The molecule has 2 rings (SSSR count). The average Bonchev–Trinajstić information content (AvgIpc) is 2.91. The minimum Gasteiger partial charge on any atom is -0.434 e. The molecule has 36 heavy (non-hydrogen) atoms. The number of hydrogen-bond acceptors (Lipinski definition) is 6. The Labute approximate surface area is 234 Å². The molecule has 0 bridgehead atoms. The second-order valence-corrected chi connectivity index (χ2v) is 14.2. The van der Waals surface area contributed by atoms with Crippen molar-refractivity contribution in [3.8, 4) is 0 Å². The van der Waals surface area contributed by atoms with Crippen LogP contribution in [0.15, 0.2) is 16.0 Å². The van der Waals surface area contributed by atoms with Gasteiger partial charge in [-0.2, -0.15) is 0 Å². The highest BCUT2D eigenvalue weighted by atomic mass is 127. The van der Waals surface area contributed by atoms with Crippen LogP contribution in [-0.2, 0) is 14.2 Å². The molecule has 0 N–H and O–H groups in total. The maximum absolute atomic E-state index is 12.1. The summed E-state index contributed by atoms with van der Waals surface area (Å²) in [6.45, 7) is 8.41. The van der Waals surface area contributed by atoms with E-state index in [-0.39, 0.29) is 20.7 Å². The fourth-order valence-electron chi connectivity index (χ4n) is 4.80. The first-order valence-corrected chi connectivity index (χ1v) is 18.0. The summed E-state index contributed by atoms with van der Waals surface area (Å²) in [5.41, 5.74) is 2.48. The molecule has 5 nitrogen and oxygen atoms in total. The molecule has 0 amide bonds. The van der Waals surface area contributed by atoms with Crippen LogP contribution in [0.2, 0.25) is 0 Å². The lowest BCUT2D eigenvalue weighted by Crippen LogP contribution is -2.28. The Morgan fingerprint density at radius 3 is 2.44 bits per heavy atom. The predicted molar refractivity (Wildman–Crippen MR) is 164 cm³/mol. The molecule has 0 spiro atoms. The molecule has 1 aliphatic carbocycles. The number of carbonyl (C=O) groups is 1. The zero-order valence-corrected chi connectivity index (χ0v) is 26.0. The molecule has 0 aromatic carbocycles. The van der Waals surface area contributed by atoms with Crippen molar-refractivity contribution in [2.45, 2.75) is 117 Å². The van der Waals surface area contributed by atoms with Gasteiger partial charge in [0.05, 0.1) is 23.6 Å². The number of unbranched alkanes of at least 4 members (excludes halogenated alkanes) is 9. The van der Waals surface area contributed by atoms with Gasteiger partial charge < -0.3 is 14.2 Å². The fourth-order valence-corrected chi connectivity index (χ4v) is 8.44. The monoisotopic (exact) mass is 635 g/mol. The van der Waals surface area contributed by atoms with Crippen molar-refractivity contribution < 1.29 is 19.0 Å². The highest BCUT2D eigenvalue weighted by molar-refractivity contribution is 14.2. The van der Waals surface area contributed by atoms with Crippen LogP contribution in [0.4, 0.5) is 4.79 Å². The van der Waals surface area contributed by atoms with Crippen LogP contribution in [0.5, 0.6) is 0 Å². The van der Waals surface area contributed by atoms with Crippen molar-refractivity contribution >= 4 is 48.2 Å². The van der Waals surface area contributed by atoms with Crippen molar-refractivity contribution in [3.63, 3.8) is 0 Å². The highest BCUT2D eigenvalue weighted by Crippen LogP contribution is 2.35. The standard InChI is InChI=1S/C29H50INO4S/c1-4-7-9-11-12-13-15-20-34-29(32)35-22-24(6-3)25-17-16-18-26(21-25)27-28(30-23-36-31-27)33-19-14-10-8-5-2/h18,24-25H,4-17,19-23H2,1-3H3. The largest absolute Gasteiger partial charge is 0.508 e. The smallest absolute Gasteiger partial charge is 0.434 e. The lowest BCUT2D eigenvalue weighted by Gasteiger charge is -2.30. The van der Waals surface area contributed by atoms with E-state index in [1.165, 1.54) is 60.6 Å². The normalized spacial score (nSPS) is 19.0. The molecule has 208 valence electrons. The molecule has 0 radical (unpaired) electrons. The molecule has 0 fully saturated rings. The SMILES string of the molecule is CCCCCCCCCOC(=O)OCC(CC)C1CCC=C(C2=NSCI=C2OCCCCCC)C1. The van der Waals surface area contributed by atoms with E-state index < -0.39 is 6.16 Å². The van der Waals surface area contributed by atoms with Gasteiger partial charge in [0.15, 0.2) is 0 Å². The predicted octanol–water partition coefficient (Wildman–Crippen LogP) is 9.40. The number of rotatable bonds is 19. The molecule has 2 unspecified atom stereocenters. The molecule has 0 saturated heterocycles. The summed E-state index contributed by atoms with van der Waals surface area (Å²) in [5, 5.41) is 0. The van der Waals surface area contributed by atoms with Gasteiger partial charge in [-0.15, -0.1) is 0 Å². The van der Waals surface area contributed by atoms with E-state index >= 15 is 0 Å². The maximum atomic E-state index is 12.1. The molecule has 0 aromatic rings. The first-order chi connectivity index (χ1) is 17.7. The molecule has 2 atom stereocenters. The Kier molecular flexibility index (Phi) is 18.1. The van der Waals surface area contributed by atoms with Crippen LogP contribution in [-0.4, -0.2) is 39.1 Å². The van der Waals surface area contributed by atoms with Gasteiger partial charge in [-0.1, -0.05) is 105 Å². The molecule has 7 heteroatoms. The van der Waals surface area contributed by atoms with Crippen LogP contribution < -0.4 is 0 Å². The molecular weight excluding hydrogens is 585 g/mol. The molecule has 1 aliphatic heterocycles. The third kappa shape index (κ3) is 12.9. The van der Waals surface area contributed by atoms with Crippen molar-refractivity contribution in [3.05, 3.63) is 11.6 Å². The average molecular weight is 636 g/mol. The number of nitrogens with zero attached hydrogens (tertiary/aromatic N) is 1. The first kappa shape index (κ1) is 31.8. The Morgan fingerprint density at radius 1 is 1.00 bits per heavy atom. The minimum atomic E-state index is -0.504. The van der Waals surface area contributed by atoms with Crippen LogP contribution in [0.3, 0.4) is 0 Å². The summed E-state index contributed by atoms with van der Waals surface area (Å²) in [6, 6.07) is 0. The van der Waals surface area contributed by atoms with Crippen molar-refractivity contribution in [1.29, 1.82) is 0 Å². The summed E-state index contributed by atoms with van der Waals surface area (Å²) in [7, 11) is 0. The summed E-state index contributed by atoms with van der Waals surface area (Å²) in [6.07, 6.45) is 19.4. The fraction of sp³-hybridized carbons (Fsp3) is 0.828. The Balaban J connectivity index is 1.73. The molecule has 0 aromatic heterocycles. The lowest BCUT2D eigenvalue weighted by atomic mass is 9.78. The number of carbonyl (C=O) groups excluding carboxylic acids is 1. The number of alkyl halides is 1. The van der Waals surface area contributed by atoms with Crippen LogP contribution in [0, 0.1) is 11.8 Å². The first-order valence-electron chi connectivity index (χ1n) is 14.5. The zero-order chi connectivity index (χ0) is 25.8. The summed E-state index contributed by atoms with van der Waals surface area (Å²) in [4.78, 5) is 12.1. The lowest BCUT2D eigenvalue weighted by molar-refractivity contribution is 0.0340. The number of halogens is 1. The van der Waals surface area contributed by atoms with Gasteiger partial charge in [0.2, 0.25) is 0 Å².